The Morgan fingerprint density at radius 1 is 1.28 bits per heavy atom. The van der Waals surface area contributed by atoms with Gasteiger partial charge in [0.2, 0.25) is 11.8 Å². The number of carbonyl (C=O) groups excluding carboxylic acids is 2. The lowest BCUT2D eigenvalue weighted by Gasteiger charge is -2.10. The van der Waals surface area contributed by atoms with Gasteiger partial charge >= 0.3 is 0 Å². The third kappa shape index (κ3) is 3.09. The van der Waals surface area contributed by atoms with E-state index in [1.807, 2.05) is 6.07 Å². The van der Waals surface area contributed by atoms with Gasteiger partial charge in [-0.15, -0.1) is 0 Å². The average Bonchev–Trinajstić information content (AvgIpc) is 2.90. The van der Waals surface area contributed by atoms with Gasteiger partial charge in [-0.3, -0.25) is 9.59 Å². The minimum atomic E-state index is -0.445. The van der Waals surface area contributed by atoms with Gasteiger partial charge in [-0.05, 0) is 30.5 Å². The van der Waals surface area contributed by atoms with E-state index in [0.717, 1.165) is 31.2 Å². The van der Waals surface area contributed by atoms with E-state index in [1.54, 1.807) is 18.2 Å². The Kier molecular flexibility index (Phi) is 3.97. The summed E-state index contributed by atoms with van der Waals surface area (Å²) < 4.78 is 0. The van der Waals surface area contributed by atoms with Gasteiger partial charge in [0.1, 0.15) is 0 Å². The molecule has 1 aliphatic rings. The Labute approximate surface area is 107 Å². The zero-order valence-corrected chi connectivity index (χ0v) is 10.3. The minimum Gasteiger partial charge on any atom is -0.366 e. The molecule has 1 saturated carbocycles. The normalized spacial score (nSPS) is 15.6. The van der Waals surface area contributed by atoms with Gasteiger partial charge in [-0.1, -0.05) is 25.0 Å². The van der Waals surface area contributed by atoms with Crippen LogP contribution in [0.25, 0.3) is 0 Å². The van der Waals surface area contributed by atoms with Crippen LogP contribution in [0.2, 0.25) is 0 Å². The van der Waals surface area contributed by atoms with Gasteiger partial charge in [0.25, 0.3) is 0 Å². The van der Waals surface area contributed by atoms with Gasteiger partial charge in [0.05, 0.1) is 0 Å². The number of nitrogens with one attached hydrogen (secondary N) is 1. The lowest BCUT2D eigenvalue weighted by molar-refractivity contribution is -0.124. The summed E-state index contributed by atoms with van der Waals surface area (Å²) >= 11 is 0. The lowest BCUT2D eigenvalue weighted by atomic mass is 10.1. The maximum Gasteiger partial charge on any atom is 0.248 e. The van der Waals surface area contributed by atoms with Crippen LogP contribution in [0.3, 0.4) is 0 Å². The van der Waals surface area contributed by atoms with Crippen LogP contribution in [0, 0.1) is 5.92 Å². The molecule has 1 aromatic carbocycles. The summed E-state index contributed by atoms with van der Waals surface area (Å²) in [4.78, 5) is 22.9. The predicted octanol–water partition coefficient (Wildman–Crippen LogP) is 1.59. The molecule has 0 radical (unpaired) electrons. The molecule has 0 bridgehead atoms. The van der Waals surface area contributed by atoms with E-state index in [-0.39, 0.29) is 11.8 Å². The predicted molar refractivity (Wildman–Crippen MR) is 68.8 cm³/mol. The first-order valence-corrected chi connectivity index (χ1v) is 6.33. The molecule has 0 aliphatic heterocycles. The van der Waals surface area contributed by atoms with Crippen molar-refractivity contribution in [3.05, 3.63) is 35.4 Å². The Morgan fingerprint density at radius 2 is 2.00 bits per heavy atom. The second-order valence-electron chi connectivity index (χ2n) is 4.76. The van der Waals surface area contributed by atoms with Crippen molar-refractivity contribution in [1.29, 1.82) is 0 Å². The Morgan fingerprint density at radius 3 is 2.67 bits per heavy atom. The molecule has 1 aromatic rings. The monoisotopic (exact) mass is 246 g/mol. The van der Waals surface area contributed by atoms with E-state index in [1.165, 1.54) is 0 Å². The summed E-state index contributed by atoms with van der Waals surface area (Å²) in [5.74, 6) is -0.153. The topological polar surface area (TPSA) is 72.2 Å². The lowest BCUT2D eigenvalue weighted by Crippen LogP contribution is -2.28. The maximum atomic E-state index is 11.8. The number of hydrogen-bond donors (Lipinski definition) is 2. The summed E-state index contributed by atoms with van der Waals surface area (Å²) in [7, 11) is 0. The fraction of sp³-hybridized carbons (Fsp3) is 0.429. The number of rotatable bonds is 4. The van der Waals surface area contributed by atoms with E-state index in [2.05, 4.69) is 5.32 Å². The molecule has 3 N–H and O–H groups in total. The van der Waals surface area contributed by atoms with Crippen molar-refractivity contribution in [2.45, 2.75) is 32.2 Å². The molecule has 4 nitrogen and oxygen atoms in total. The highest BCUT2D eigenvalue weighted by molar-refractivity contribution is 5.92. The molecule has 1 aliphatic carbocycles. The first-order chi connectivity index (χ1) is 8.66. The number of hydrogen-bond acceptors (Lipinski definition) is 2. The van der Waals surface area contributed by atoms with Crippen LogP contribution in [0.1, 0.15) is 41.6 Å². The zero-order valence-electron chi connectivity index (χ0n) is 10.3. The van der Waals surface area contributed by atoms with Crippen molar-refractivity contribution in [3.63, 3.8) is 0 Å². The molecular weight excluding hydrogens is 228 g/mol. The summed E-state index contributed by atoms with van der Waals surface area (Å²) in [6, 6.07) is 7.04. The number of carbonyl (C=O) groups is 2. The maximum absolute atomic E-state index is 11.8. The molecule has 0 aromatic heterocycles. The fourth-order valence-corrected chi connectivity index (χ4v) is 2.36. The standard InChI is InChI=1S/C14H18N2O2/c15-13(17)12-7-3-4-10(8-12)9-16-14(18)11-5-1-2-6-11/h3-4,7-8,11H,1-2,5-6,9H2,(H2,15,17)(H,16,18). The molecule has 0 unspecified atom stereocenters. The molecule has 2 rings (SSSR count). The first kappa shape index (κ1) is 12.6. The van der Waals surface area contributed by atoms with Crippen LogP contribution < -0.4 is 11.1 Å². The van der Waals surface area contributed by atoms with Gasteiger partial charge in [-0.25, -0.2) is 0 Å². The molecule has 1 fully saturated rings. The van der Waals surface area contributed by atoms with Crippen molar-refractivity contribution in [2.75, 3.05) is 0 Å². The van der Waals surface area contributed by atoms with E-state index in [9.17, 15) is 9.59 Å². The first-order valence-electron chi connectivity index (χ1n) is 6.33. The Bertz CT molecular complexity index is 451. The van der Waals surface area contributed by atoms with Crippen molar-refractivity contribution in [3.8, 4) is 0 Å². The quantitative estimate of drug-likeness (QED) is 0.846. The molecule has 0 heterocycles. The number of amides is 2. The number of nitrogens with two attached hydrogens (primary N) is 1. The van der Waals surface area contributed by atoms with Crippen molar-refractivity contribution >= 4 is 11.8 Å². The van der Waals surface area contributed by atoms with Crippen LogP contribution in [0.4, 0.5) is 0 Å². The van der Waals surface area contributed by atoms with Crippen LogP contribution in [0.5, 0.6) is 0 Å². The van der Waals surface area contributed by atoms with Gasteiger partial charge in [-0.2, -0.15) is 0 Å². The molecule has 2 amide bonds. The van der Waals surface area contributed by atoms with Crippen LogP contribution in [-0.2, 0) is 11.3 Å². The molecule has 96 valence electrons. The third-order valence-corrected chi connectivity index (χ3v) is 3.40. The van der Waals surface area contributed by atoms with Crippen molar-refractivity contribution in [2.24, 2.45) is 11.7 Å². The van der Waals surface area contributed by atoms with Crippen LogP contribution >= 0.6 is 0 Å². The Hall–Kier alpha value is -1.84. The minimum absolute atomic E-state index is 0.122. The number of primary amides is 1. The van der Waals surface area contributed by atoms with E-state index >= 15 is 0 Å². The van der Waals surface area contributed by atoms with E-state index in [0.29, 0.717) is 12.1 Å². The van der Waals surface area contributed by atoms with Gasteiger partial charge < -0.3 is 11.1 Å². The summed E-state index contributed by atoms with van der Waals surface area (Å²) in [5.41, 5.74) is 6.59. The smallest absolute Gasteiger partial charge is 0.248 e. The Balaban J connectivity index is 1.91. The molecule has 0 spiro atoms. The highest BCUT2D eigenvalue weighted by atomic mass is 16.2. The van der Waals surface area contributed by atoms with Gasteiger partial charge in [0.15, 0.2) is 0 Å². The van der Waals surface area contributed by atoms with Crippen LogP contribution in [0.15, 0.2) is 24.3 Å². The number of benzene rings is 1. The largest absolute Gasteiger partial charge is 0.366 e. The van der Waals surface area contributed by atoms with Gasteiger partial charge in [0, 0.05) is 18.0 Å². The second-order valence-corrected chi connectivity index (χ2v) is 4.76. The molecule has 4 heteroatoms. The molecular formula is C14H18N2O2. The summed E-state index contributed by atoms with van der Waals surface area (Å²) in [5, 5.41) is 2.92. The zero-order chi connectivity index (χ0) is 13.0. The summed E-state index contributed by atoms with van der Waals surface area (Å²) in [6.45, 7) is 0.455. The SMILES string of the molecule is NC(=O)c1cccc(CNC(=O)C2CCCC2)c1. The fourth-order valence-electron chi connectivity index (χ4n) is 2.36. The van der Waals surface area contributed by atoms with E-state index < -0.39 is 5.91 Å². The second kappa shape index (κ2) is 5.67. The molecule has 0 atom stereocenters. The van der Waals surface area contributed by atoms with Crippen LogP contribution in [-0.4, -0.2) is 11.8 Å². The van der Waals surface area contributed by atoms with Crippen molar-refractivity contribution < 1.29 is 9.59 Å². The third-order valence-electron chi connectivity index (χ3n) is 3.40. The van der Waals surface area contributed by atoms with Crippen molar-refractivity contribution in [1.82, 2.24) is 5.32 Å². The highest BCUT2D eigenvalue weighted by Crippen LogP contribution is 2.24. The highest BCUT2D eigenvalue weighted by Gasteiger charge is 2.22. The summed E-state index contributed by atoms with van der Waals surface area (Å²) in [6.07, 6.45) is 4.28. The van der Waals surface area contributed by atoms with E-state index in [4.69, 9.17) is 5.73 Å². The molecule has 18 heavy (non-hydrogen) atoms. The average molecular weight is 246 g/mol. The molecule has 0 saturated heterocycles.